The van der Waals surface area contributed by atoms with E-state index < -0.39 is 0 Å². The van der Waals surface area contributed by atoms with Gasteiger partial charge in [0.15, 0.2) is 16.9 Å². The van der Waals surface area contributed by atoms with Crippen LogP contribution in [0.3, 0.4) is 0 Å². The second-order valence-corrected chi connectivity index (χ2v) is 7.47. The van der Waals surface area contributed by atoms with Gasteiger partial charge in [0.25, 0.3) is 5.91 Å². The van der Waals surface area contributed by atoms with E-state index in [1.165, 1.54) is 16.7 Å². The Labute approximate surface area is 177 Å². The van der Waals surface area contributed by atoms with Crippen molar-refractivity contribution < 1.29 is 9.53 Å². The number of carbonyl (C=O) groups excluding carboxylic acids is 1. The number of nitrogens with one attached hydrogen (secondary N) is 2. The number of benzene rings is 3. The van der Waals surface area contributed by atoms with Gasteiger partial charge in [0, 0.05) is 10.9 Å². The van der Waals surface area contributed by atoms with Crippen molar-refractivity contribution in [2.24, 2.45) is 0 Å². The molecule has 0 unspecified atom stereocenters. The summed E-state index contributed by atoms with van der Waals surface area (Å²) in [6.45, 7) is -0.119. The predicted molar refractivity (Wildman–Crippen MR) is 121 cm³/mol. The number of ether oxygens (including phenoxy) is 1. The highest BCUT2D eigenvalue weighted by molar-refractivity contribution is 7.80. The number of anilines is 1. The van der Waals surface area contributed by atoms with Crippen molar-refractivity contribution in [2.75, 3.05) is 11.9 Å². The number of para-hydroxylation sites is 1. The standard InChI is InChI=1S/C22H17N3O2S2/c26-20(13-27-18-8-2-1-3-9-18)24-21(28)25-22-23-19(14-29-22)17-11-10-15-6-4-5-7-16(15)12-17/h1-12,14H,13H2,(H2,23,24,25,26,28). The summed E-state index contributed by atoms with van der Waals surface area (Å²) in [5.74, 6) is 0.291. The van der Waals surface area contributed by atoms with E-state index in [4.69, 9.17) is 17.0 Å². The highest BCUT2D eigenvalue weighted by Crippen LogP contribution is 2.27. The topological polar surface area (TPSA) is 63.2 Å². The number of carbonyl (C=O) groups is 1. The molecule has 2 N–H and O–H groups in total. The van der Waals surface area contributed by atoms with Gasteiger partial charge in [0.2, 0.25) is 0 Å². The normalized spacial score (nSPS) is 10.5. The fraction of sp³-hybridized carbons (Fsp3) is 0.0455. The number of hydrogen-bond acceptors (Lipinski definition) is 5. The molecule has 0 atom stereocenters. The third-order valence-electron chi connectivity index (χ3n) is 4.14. The van der Waals surface area contributed by atoms with Crippen LogP contribution in [0.15, 0.2) is 78.2 Å². The molecule has 7 heteroatoms. The van der Waals surface area contributed by atoms with Gasteiger partial charge in [0.1, 0.15) is 5.75 Å². The monoisotopic (exact) mass is 419 g/mol. The molecule has 4 rings (SSSR count). The molecule has 0 fully saturated rings. The molecule has 0 radical (unpaired) electrons. The maximum Gasteiger partial charge on any atom is 0.264 e. The molecular formula is C22H17N3O2S2. The van der Waals surface area contributed by atoms with Gasteiger partial charge in [-0.1, -0.05) is 54.6 Å². The van der Waals surface area contributed by atoms with Crippen LogP contribution in [-0.4, -0.2) is 22.6 Å². The average molecular weight is 420 g/mol. The average Bonchev–Trinajstić information content (AvgIpc) is 3.21. The van der Waals surface area contributed by atoms with E-state index in [0.29, 0.717) is 10.9 Å². The van der Waals surface area contributed by atoms with Gasteiger partial charge in [-0.2, -0.15) is 0 Å². The van der Waals surface area contributed by atoms with E-state index in [1.807, 2.05) is 41.8 Å². The lowest BCUT2D eigenvalue weighted by Crippen LogP contribution is -2.37. The zero-order chi connectivity index (χ0) is 20.1. The van der Waals surface area contributed by atoms with Crippen molar-refractivity contribution in [2.45, 2.75) is 0 Å². The molecule has 1 aromatic heterocycles. The number of amides is 1. The molecule has 1 amide bonds. The molecule has 0 aliphatic carbocycles. The summed E-state index contributed by atoms with van der Waals surface area (Å²) in [5, 5.41) is 10.6. The number of thiocarbonyl (C=S) groups is 1. The van der Waals surface area contributed by atoms with Crippen LogP contribution >= 0.6 is 23.6 Å². The number of fused-ring (bicyclic) bond motifs is 1. The van der Waals surface area contributed by atoms with Crippen molar-refractivity contribution >= 4 is 50.5 Å². The SMILES string of the molecule is O=C(COc1ccccc1)NC(=S)Nc1nc(-c2ccc3ccccc3c2)cs1. The Morgan fingerprint density at radius 2 is 1.76 bits per heavy atom. The zero-order valence-corrected chi connectivity index (χ0v) is 16.9. The van der Waals surface area contributed by atoms with Crippen molar-refractivity contribution in [3.63, 3.8) is 0 Å². The first-order chi connectivity index (χ1) is 14.2. The van der Waals surface area contributed by atoms with Gasteiger partial charge in [0.05, 0.1) is 5.69 Å². The lowest BCUT2D eigenvalue weighted by atomic mass is 10.1. The second-order valence-electron chi connectivity index (χ2n) is 6.20. The Morgan fingerprint density at radius 1 is 1.00 bits per heavy atom. The van der Waals surface area contributed by atoms with Crippen LogP contribution in [-0.2, 0) is 4.79 Å². The molecule has 3 aromatic carbocycles. The van der Waals surface area contributed by atoms with E-state index in [0.717, 1.165) is 16.6 Å². The summed E-state index contributed by atoms with van der Waals surface area (Å²) in [7, 11) is 0. The fourth-order valence-electron chi connectivity index (χ4n) is 2.77. The minimum atomic E-state index is -0.335. The lowest BCUT2D eigenvalue weighted by molar-refractivity contribution is -0.121. The summed E-state index contributed by atoms with van der Waals surface area (Å²) >= 11 is 6.62. The first-order valence-corrected chi connectivity index (χ1v) is 10.2. The molecule has 0 bridgehead atoms. The molecule has 144 valence electrons. The number of thiazole rings is 1. The van der Waals surface area contributed by atoms with Crippen LogP contribution in [0.2, 0.25) is 0 Å². The summed E-state index contributed by atoms with van der Waals surface area (Å²) < 4.78 is 5.40. The lowest BCUT2D eigenvalue weighted by Gasteiger charge is -2.08. The van der Waals surface area contributed by atoms with E-state index >= 15 is 0 Å². The largest absolute Gasteiger partial charge is 0.484 e. The third kappa shape index (κ3) is 4.96. The maximum absolute atomic E-state index is 12.0. The minimum absolute atomic E-state index is 0.119. The quantitative estimate of drug-likeness (QED) is 0.453. The van der Waals surface area contributed by atoms with Crippen molar-refractivity contribution in [3.8, 4) is 17.0 Å². The van der Waals surface area contributed by atoms with Gasteiger partial charge < -0.3 is 10.1 Å². The molecule has 4 aromatic rings. The fourth-order valence-corrected chi connectivity index (χ4v) is 3.77. The first kappa shape index (κ1) is 19.0. The zero-order valence-electron chi connectivity index (χ0n) is 15.3. The molecule has 0 spiro atoms. The third-order valence-corrected chi connectivity index (χ3v) is 5.10. The number of nitrogens with zero attached hydrogens (tertiary/aromatic N) is 1. The van der Waals surface area contributed by atoms with Gasteiger partial charge >= 0.3 is 0 Å². The summed E-state index contributed by atoms with van der Waals surface area (Å²) in [6, 6.07) is 23.6. The van der Waals surface area contributed by atoms with Crippen LogP contribution in [0.5, 0.6) is 5.75 Å². The van der Waals surface area contributed by atoms with E-state index in [-0.39, 0.29) is 17.6 Å². The molecule has 0 saturated carbocycles. The van der Waals surface area contributed by atoms with Crippen molar-refractivity contribution in [1.29, 1.82) is 0 Å². The highest BCUT2D eigenvalue weighted by atomic mass is 32.1. The van der Waals surface area contributed by atoms with Crippen molar-refractivity contribution in [3.05, 3.63) is 78.2 Å². The number of hydrogen-bond donors (Lipinski definition) is 2. The Kier molecular flexibility index (Phi) is 5.79. The molecule has 29 heavy (non-hydrogen) atoms. The van der Waals surface area contributed by atoms with E-state index in [9.17, 15) is 4.79 Å². The number of aromatic nitrogens is 1. The van der Waals surface area contributed by atoms with Crippen molar-refractivity contribution in [1.82, 2.24) is 10.3 Å². The highest BCUT2D eigenvalue weighted by Gasteiger charge is 2.09. The molecule has 1 heterocycles. The van der Waals surface area contributed by atoms with Gasteiger partial charge in [-0.25, -0.2) is 4.98 Å². The first-order valence-electron chi connectivity index (χ1n) is 8.91. The van der Waals surface area contributed by atoms with Gasteiger partial charge in [-0.05, 0) is 41.2 Å². The van der Waals surface area contributed by atoms with Crippen LogP contribution in [0.4, 0.5) is 5.13 Å². The Morgan fingerprint density at radius 3 is 2.59 bits per heavy atom. The predicted octanol–water partition coefficient (Wildman–Crippen LogP) is 4.86. The Bertz CT molecular complexity index is 1160. The van der Waals surface area contributed by atoms with Crippen LogP contribution in [0.25, 0.3) is 22.0 Å². The Balaban J connectivity index is 1.34. The minimum Gasteiger partial charge on any atom is -0.484 e. The van der Waals surface area contributed by atoms with E-state index in [2.05, 4.69) is 39.9 Å². The smallest absolute Gasteiger partial charge is 0.264 e. The molecule has 0 saturated heterocycles. The summed E-state index contributed by atoms with van der Waals surface area (Å²) in [4.78, 5) is 16.6. The van der Waals surface area contributed by atoms with Crippen LogP contribution in [0, 0.1) is 0 Å². The molecule has 0 aliphatic heterocycles. The van der Waals surface area contributed by atoms with Gasteiger partial charge in [-0.3, -0.25) is 10.1 Å². The molecule has 5 nitrogen and oxygen atoms in total. The summed E-state index contributed by atoms with van der Waals surface area (Å²) in [5.41, 5.74) is 1.88. The van der Waals surface area contributed by atoms with Crippen LogP contribution in [0.1, 0.15) is 0 Å². The van der Waals surface area contributed by atoms with E-state index in [1.54, 1.807) is 12.1 Å². The number of rotatable bonds is 5. The maximum atomic E-state index is 12.0. The van der Waals surface area contributed by atoms with Crippen LogP contribution < -0.4 is 15.4 Å². The second kappa shape index (κ2) is 8.81. The summed E-state index contributed by atoms with van der Waals surface area (Å²) in [6.07, 6.45) is 0. The van der Waals surface area contributed by atoms with Gasteiger partial charge in [-0.15, -0.1) is 11.3 Å². The Hall–Kier alpha value is -3.29. The molecule has 0 aliphatic rings. The molecular weight excluding hydrogens is 402 g/mol.